The zero-order valence-electron chi connectivity index (χ0n) is 14.0. The molecule has 4 nitrogen and oxygen atoms in total. The molecule has 5 heteroatoms. The fourth-order valence-electron chi connectivity index (χ4n) is 3.29. The van der Waals surface area contributed by atoms with Crippen molar-refractivity contribution >= 4 is 11.6 Å². The number of amides is 1. The Bertz CT molecular complexity index is 693. The van der Waals surface area contributed by atoms with Crippen molar-refractivity contribution in [3.8, 4) is 0 Å². The highest BCUT2D eigenvalue weighted by atomic mass is 35.5. The smallest absolute Gasteiger partial charge is 0.268 e. The molecule has 0 aromatic heterocycles. The number of rotatable bonds is 6. The van der Waals surface area contributed by atoms with Gasteiger partial charge in [0.05, 0.1) is 25.8 Å². The van der Waals surface area contributed by atoms with Crippen molar-refractivity contribution in [1.29, 1.82) is 0 Å². The van der Waals surface area contributed by atoms with E-state index in [0.717, 1.165) is 23.4 Å². The molecule has 1 aliphatic rings. The number of para-hydroxylation sites is 1. The molecule has 2 aromatic carbocycles. The molecule has 0 bridgehead atoms. The average Bonchev–Trinajstić information content (AvgIpc) is 2.84. The maximum atomic E-state index is 13.4. The van der Waals surface area contributed by atoms with E-state index in [-0.39, 0.29) is 18.3 Å². The Morgan fingerprint density at radius 3 is 2.42 bits per heavy atom. The third-order valence-electron chi connectivity index (χ3n) is 4.30. The zero-order valence-corrected chi connectivity index (χ0v) is 14.8. The summed E-state index contributed by atoms with van der Waals surface area (Å²) >= 11 is 0. The van der Waals surface area contributed by atoms with Gasteiger partial charge in [-0.2, -0.15) is 0 Å². The highest BCUT2D eigenvalue weighted by Crippen LogP contribution is 2.46. The number of hydrogen-bond donors (Lipinski definition) is 1. The quantitative estimate of drug-likeness (QED) is 0.693. The number of hydrogen-bond acceptors (Lipinski definition) is 2. The van der Waals surface area contributed by atoms with E-state index in [1.807, 2.05) is 73.5 Å². The van der Waals surface area contributed by atoms with Crippen molar-refractivity contribution in [3.05, 3.63) is 65.7 Å². The number of halogens is 1. The predicted molar refractivity (Wildman–Crippen MR) is 90.4 cm³/mol. The Labute approximate surface area is 149 Å². The molecule has 0 saturated carbocycles. The highest BCUT2D eigenvalue weighted by molar-refractivity contribution is 6.09. The van der Waals surface area contributed by atoms with E-state index in [4.69, 9.17) is 4.74 Å². The van der Waals surface area contributed by atoms with Gasteiger partial charge in [-0.25, -0.2) is 0 Å². The molecule has 0 spiro atoms. The van der Waals surface area contributed by atoms with Gasteiger partial charge in [0, 0.05) is 12.2 Å². The molecule has 1 heterocycles. The summed E-state index contributed by atoms with van der Waals surface area (Å²) in [5.41, 5.74) is 1.76. The summed E-state index contributed by atoms with van der Waals surface area (Å²) in [4.78, 5) is 15.2. The van der Waals surface area contributed by atoms with Crippen LogP contribution in [0.1, 0.15) is 18.1 Å². The lowest BCUT2D eigenvalue weighted by molar-refractivity contribution is -0.624. The number of ether oxygens (including phenoxy) is 1. The first-order valence-electron chi connectivity index (χ1n) is 8.14. The van der Waals surface area contributed by atoms with Gasteiger partial charge < -0.3 is 27.4 Å². The van der Waals surface area contributed by atoms with Crippen LogP contribution in [0, 0.1) is 0 Å². The van der Waals surface area contributed by atoms with E-state index in [9.17, 15) is 4.79 Å². The van der Waals surface area contributed by atoms with Gasteiger partial charge in [-0.1, -0.05) is 48.5 Å². The molecule has 1 atom stereocenters. The molecule has 2 aromatic rings. The van der Waals surface area contributed by atoms with E-state index < -0.39 is 5.60 Å². The summed E-state index contributed by atoms with van der Waals surface area (Å²) in [6, 6.07) is 17.8. The first-order chi connectivity index (χ1) is 11.3. The average molecular weight is 347 g/mol. The molecule has 0 radical (unpaired) electrons. The topological polar surface area (TPSA) is 46.1 Å². The zero-order chi connectivity index (χ0) is 16.3. The van der Waals surface area contributed by atoms with E-state index in [1.54, 1.807) is 0 Å². The lowest BCUT2D eigenvalue weighted by Crippen LogP contribution is -3.00. The highest BCUT2D eigenvalue weighted by Gasteiger charge is 2.53. The molecule has 1 aliphatic heterocycles. The number of fused-ring (bicyclic) bond motifs is 1. The Hall–Kier alpha value is -1.88. The first-order valence-corrected chi connectivity index (χ1v) is 8.14. The fourth-order valence-corrected chi connectivity index (χ4v) is 3.29. The van der Waals surface area contributed by atoms with Gasteiger partial charge in [0.15, 0.2) is 5.60 Å². The van der Waals surface area contributed by atoms with Crippen molar-refractivity contribution in [3.63, 3.8) is 0 Å². The molecule has 0 saturated heterocycles. The van der Waals surface area contributed by atoms with Crippen LogP contribution < -0.4 is 22.6 Å². The summed E-state index contributed by atoms with van der Waals surface area (Å²) in [6.07, 6.45) is 0. The summed E-state index contributed by atoms with van der Waals surface area (Å²) in [5.74, 6) is 0.00796. The van der Waals surface area contributed by atoms with Crippen LogP contribution in [-0.4, -0.2) is 32.7 Å². The van der Waals surface area contributed by atoms with Gasteiger partial charge >= 0.3 is 0 Å². The van der Waals surface area contributed by atoms with Gasteiger partial charge in [0.2, 0.25) is 0 Å². The lowest BCUT2D eigenvalue weighted by Gasteiger charge is -2.29. The number of carbonyl (C=O) groups is 1. The molecule has 24 heavy (non-hydrogen) atoms. The SMILES string of the molecule is CCOC1(c2ccccc2)C(=O)N(CC[NH2+]C)c2ccccc21.[Cl-]. The maximum absolute atomic E-state index is 13.4. The number of benzene rings is 2. The lowest BCUT2D eigenvalue weighted by atomic mass is 9.87. The second-order valence-corrected chi connectivity index (χ2v) is 5.65. The second-order valence-electron chi connectivity index (χ2n) is 5.65. The molecular weight excluding hydrogens is 324 g/mol. The Kier molecular flexibility index (Phi) is 5.99. The van der Waals surface area contributed by atoms with Crippen molar-refractivity contribution in [2.45, 2.75) is 12.5 Å². The summed E-state index contributed by atoms with van der Waals surface area (Å²) < 4.78 is 6.12. The van der Waals surface area contributed by atoms with Crippen LogP contribution in [0.3, 0.4) is 0 Å². The van der Waals surface area contributed by atoms with Crippen LogP contribution in [0.4, 0.5) is 5.69 Å². The molecule has 0 aliphatic carbocycles. The van der Waals surface area contributed by atoms with Crippen LogP contribution in [0.5, 0.6) is 0 Å². The number of nitrogens with two attached hydrogens (primary N) is 1. The molecule has 1 amide bonds. The van der Waals surface area contributed by atoms with E-state index >= 15 is 0 Å². The number of likely N-dealkylation sites (N-methyl/N-ethyl adjacent to an activating group) is 1. The summed E-state index contributed by atoms with van der Waals surface area (Å²) in [7, 11) is 2.01. The number of nitrogens with zero attached hydrogens (tertiary/aromatic N) is 1. The minimum absolute atomic E-state index is 0. The molecule has 0 fully saturated rings. The van der Waals surface area contributed by atoms with Gasteiger partial charge in [-0.05, 0) is 18.6 Å². The van der Waals surface area contributed by atoms with Gasteiger partial charge in [-0.15, -0.1) is 0 Å². The second kappa shape index (κ2) is 7.79. The molecular formula is C19H23ClN2O2. The van der Waals surface area contributed by atoms with E-state index in [1.165, 1.54) is 0 Å². The van der Waals surface area contributed by atoms with Crippen molar-refractivity contribution in [2.75, 3.05) is 31.6 Å². The van der Waals surface area contributed by atoms with Gasteiger partial charge in [-0.3, -0.25) is 4.79 Å². The number of anilines is 1. The van der Waals surface area contributed by atoms with Crippen molar-refractivity contribution < 1.29 is 27.3 Å². The first kappa shape index (κ1) is 18.5. The largest absolute Gasteiger partial charge is 1.00 e. The summed E-state index contributed by atoms with van der Waals surface area (Å²) in [6.45, 7) is 3.94. The van der Waals surface area contributed by atoms with Crippen LogP contribution in [0.15, 0.2) is 54.6 Å². The van der Waals surface area contributed by atoms with Gasteiger partial charge in [0.25, 0.3) is 5.91 Å². The minimum Gasteiger partial charge on any atom is -1.00 e. The normalized spacial score (nSPS) is 19.1. The number of carbonyl (C=O) groups excluding carboxylic acids is 1. The van der Waals surface area contributed by atoms with Crippen LogP contribution >= 0.6 is 0 Å². The third-order valence-corrected chi connectivity index (χ3v) is 4.30. The fraction of sp³-hybridized carbons (Fsp3) is 0.316. The molecule has 1 unspecified atom stereocenters. The Balaban J connectivity index is 0.00000208. The monoisotopic (exact) mass is 346 g/mol. The molecule has 3 rings (SSSR count). The standard InChI is InChI=1S/C19H22N2O2.ClH/c1-3-23-19(15-9-5-4-6-10-15)16-11-7-8-12-17(16)21(18(19)22)14-13-20-2;/h4-12,20H,3,13-14H2,1-2H3;1H. The third kappa shape index (κ3) is 2.81. The minimum atomic E-state index is -1.03. The summed E-state index contributed by atoms with van der Waals surface area (Å²) in [5, 5.41) is 2.08. The van der Waals surface area contributed by atoms with Gasteiger partial charge in [0.1, 0.15) is 0 Å². The predicted octanol–water partition coefficient (Wildman–Crippen LogP) is -1.49. The number of quaternary nitrogens is 1. The van der Waals surface area contributed by atoms with Crippen LogP contribution in [0.25, 0.3) is 0 Å². The molecule has 2 N–H and O–H groups in total. The molecule has 128 valence electrons. The van der Waals surface area contributed by atoms with Crippen LogP contribution in [-0.2, 0) is 15.1 Å². The van der Waals surface area contributed by atoms with Crippen molar-refractivity contribution in [1.82, 2.24) is 0 Å². The maximum Gasteiger partial charge on any atom is 0.268 e. The Morgan fingerprint density at radius 2 is 1.75 bits per heavy atom. The van der Waals surface area contributed by atoms with Crippen molar-refractivity contribution in [2.24, 2.45) is 0 Å². The van der Waals surface area contributed by atoms with E-state index in [0.29, 0.717) is 13.2 Å². The Morgan fingerprint density at radius 1 is 1.08 bits per heavy atom. The van der Waals surface area contributed by atoms with Crippen LogP contribution in [0.2, 0.25) is 0 Å². The van der Waals surface area contributed by atoms with E-state index in [2.05, 4.69) is 5.32 Å².